The molecule has 2 fully saturated rings. The lowest BCUT2D eigenvalue weighted by Crippen LogP contribution is -2.41. The molecule has 1 saturated heterocycles. The maximum Gasteiger partial charge on any atom is 0.288 e. The standard InChI is InChI=1S/C16H17ClN2O5S/c17-14-5-1-11(9-15(14)19(21)22)2-6-16(20)18(12-3-4-12)13-7-8-25(23,24)10-13/h1-2,5-6,9,12-13H,3-4,7-8,10H2/b6-2+. The number of sulfone groups is 1. The van der Waals surface area contributed by atoms with Gasteiger partial charge in [0.25, 0.3) is 5.69 Å². The van der Waals surface area contributed by atoms with E-state index in [2.05, 4.69) is 0 Å². The first kappa shape index (κ1) is 17.9. The molecule has 9 heteroatoms. The lowest BCUT2D eigenvalue weighted by Gasteiger charge is -2.27. The van der Waals surface area contributed by atoms with Crippen LogP contribution in [0, 0.1) is 10.1 Å². The minimum absolute atomic E-state index is 0.00942. The second-order valence-electron chi connectivity index (χ2n) is 6.33. The summed E-state index contributed by atoms with van der Waals surface area (Å²) >= 11 is 5.77. The molecular weight excluding hydrogens is 368 g/mol. The first-order chi connectivity index (χ1) is 11.8. The van der Waals surface area contributed by atoms with Gasteiger partial charge in [-0.05, 0) is 37.0 Å². The number of carbonyl (C=O) groups excluding carboxylic acids is 1. The fraction of sp³-hybridized carbons (Fsp3) is 0.438. The number of nitrogens with zero attached hydrogens (tertiary/aromatic N) is 2. The molecule has 0 bridgehead atoms. The predicted molar refractivity (Wildman–Crippen MR) is 94.1 cm³/mol. The van der Waals surface area contributed by atoms with Gasteiger partial charge >= 0.3 is 0 Å². The molecule has 1 heterocycles. The largest absolute Gasteiger partial charge is 0.332 e. The van der Waals surface area contributed by atoms with Gasteiger partial charge in [-0.1, -0.05) is 17.7 Å². The van der Waals surface area contributed by atoms with Crippen molar-refractivity contribution in [3.05, 3.63) is 45.0 Å². The van der Waals surface area contributed by atoms with Crippen LogP contribution in [0.3, 0.4) is 0 Å². The summed E-state index contributed by atoms with van der Waals surface area (Å²) in [6.07, 6.45) is 5.05. The average Bonchev–Trinajstić information content (AvgIpc) is 3.30. The Morgan fingerprint density at radius 1 is 1.28 bits per heavy atom. The summed E-state index contributed by atoms with van der Waals surface area (Å²) in [5.41, 5.74) is 0.261. The van der Waals surface area contributed by atoms with Crippen molar-refractivity contribution in [2.24, 2.45) is 0 Å². The van der Waals surface area contributed by atoms with Crippen molar-refractivity contribution < 1.29 is 18.1 Å². The summed E-state index contributed by atoms with van der Waals surface area (Å²) in [5.74, 6) is -0.140. The highest BCUT2D eigenvalue weighted by atomic mass is 35.5. The first-order valence-corrected chi connectivity index (χ1v) is 10.1. The Kier molecular flexibility index (Phi) is 4.83. The zero-order valence-corrected chi connectivity index (χ0v) is 14.9. The van der Waals surface area contributed by atoms with Crippen molar-refractivity contribution >= 4 is 39.1 Å². The molecular formula is C16H17ClN2O5S. The van der Waals surface area contributed by atoms with Crippen LogP contribution in [0.25, 0.3) is 6.08 Å². The van der Waals surface area contributed by atoms with E-state index >= 15 is 0 Å². The summed E-state index contributed by atoms with van der Waals surface area (Å²) < 4.78 is 23.4. The summed E-state index contributed by atoms with van der Waals surface area (Å²) in [5, 5.41) is 10.9. The van der Waals surface area contributed by atoms with Gasteiger partial charge in [0, 0.05) is 24.2 Å². The van der Waals surface area contributed by atoms with Crippen LogP contribution in [0.2, 0.25) is 5.02 Å². The first-order valence-electron chi connectivity index (χ1n) is 7.91. The van der Waals surface area contributed by atoms with Gasteiger partial charge in [-0.15, -0.1) is 0 Å². The number of hydrogen-bond acceptors (Lipinski definition) is 5. The van der Waals surface area contributed by atoms with E-state index in [-0.39, 0.29) is 40.2 Å². The Morgan fingerprint density at radius 3 is 2.56 bits per heavy atom. The van der Waals surface area contributed by atoms with Crippen LogP contribution in [-0.2, 0) is 14.6 Å². The zero-order chi connectivity index (χ0) is 18.2. The van der Waals surface area contributed by atoms with Crippen molar-refractivity contribution in [1.82, 2.24) is 4.90 Å². The monoisotopic (exact) mass is 384 g/mol. The third kappa shape index (κ3) is 4.19. The summed E-state index contributed by atoms with van der Waals surface area (Å²) in [6, 6.07) is 4.10. The van der Waals surface area contributed by atoms with Crippen LogP contribution in [0.5, 0.6) is 0 Å². The zero-order valence-electron chi connectivity index (χ0n) is 13.3. The second-order valence-corrected chi connectivity index (χ2v) is 8.97. The SMILES string of the molecule is O=C(/C=C/c1ccc(Cl)c([N+](=O)[O-])c1)N(C1CC1)C1CCS(=O)(=O)C1. The van der Waals surface area contributed by atoms with Gasteiger partial charge in [-0.2, -0.15) is 0 Å². The molecule has 3 rings (SSSR count). The van der Waals surface area contributed by atoms with Crippen molar-refractivity contribution in [3.63, 3.8) is 0 Å². The number of carbonyl (C=O) groups is 1. The molecule has 1 aliphatic heterocycles. The molecule has 25 heavy (non-hydrogen) atoms. The van der Waals surface area contributed by atoms with Gasteiger partial charge in [0.05, 0.1) is 16.4 Å². The minimum atomic E-state index is -3.07. The third-order valence-electron chi connectivity index (χ3n) is 4.38. The van der Waals surface area contributed by atoms with Crippen molar-refractivity contribution in [2.75, 3.05) is 11.5 Å². The van der Waals surface area contributed by atoms with E-state index < -0.39 is 14.8 Å². The van der Waals surface area contributed by atoms with Crippen molar-refractivity contribution in [1.29, 1.82) is 0 Å². The van der Waals surface area contributed by atoms with E-state index in [9.17, 15) is 23.3 Å². The molecule has 0 spiro atoms. The molecule has 7 nitrogen and oxygen atoms in total. The highest BCUT2D eigenvalue weighted by Gasteiger charge is 2.41. The molecule has 1 aliphatic carbocycles. The van der Waals surface area contributed by atoms with Crippen LogP contribution in [0.4, 0.5) is 5.69 Å². The Labute approximate surface area is 150 Å². The topological polar surface area (TPSA) is 97.6 Å². The molecule has 0 radical (unpaired) electrons. The van der Waals surface area contributed by atoms with E-state index in [0.717, 1.165) is 12.8 Å². The lowest BCUT2D eigenvalue weighted by molar-refractivity contribution is -0.384. The molecule has 1 amide bonds. The molecule has 1 atom stereocenters. The van der Waals surface area contributed by atoms with Crippen LogP contribution >= 0.6 is 11.6 Å². The van der Waals surface area contributed by atoms with E-state index in [1.54, 1.807) is 11.0 Å². The summed E-state index contributed by atoms with van der Waals surface area (Å²) in [4.78, 5) is 24.6. The van der Waals surface area contributed by atoms with Crippen LogP contribution in [0.15, 0.2) is 24.3 Å². The normalized spacial score (nSPS) is 22.2. The molecule has 0 N–H and O–H groups in total. The van der Waals surface area contributed by atoms with Gasteiger partial charge in [0.15, 0.2) is 9.84 Å². The molecule has 1 unspecified atom stereocenters. The number of nitro groups is 1. The van der Waals surface area contributed by atoms with E-state index in [1.165, 1.54) is 24.3 Å². The van der Waals surface area contributed by atoms with E-state index in [1.807, 2.05) is 0 Å². The van der Waals surface area contributed by atoms with Gasteiger partial charge in [-0.25, -0.2) is 8.42 Å². The molecule has 1 saturated carbocycles. The smallest absolute Gasteiger partial charge is 0.288 e. The average molecular weight is 385 g/mol. The molecule has 0 aromatic heterocycles. The number of halogens is 1. The maximum absolute atomic E-state index is 12.6. The Bertz CT molecular complexity index is 848. The summed E-state index contributed by atoms with van der Waals surface area (Å²) in [6.45, 7) is 0. The molecule has 2 aliphatic rings. The van der Waals surface area contributed by atoms with E-state index in [4.69, 9.17) is 11.6 Å². The Morgan fingerprint density at radius 2 is 2.00 bits per heavy atom. The van der Waals surface area contributed by atoms with Crippen molar-refractivity contribution in [3.8, 4) is 0 Å². The second kappa shape index (κ2) is 6.76. The van der Waals surface area contributed by atoms with Crippen LogP contribution in [-0.4, -0.2) is 47.7 Å². The van der Waals surface area contributed by atoms with Gasteiger partial charge < -0.3 is 4.90 Å². The quantitative estimate of drug-likeness (QED) is 0.441. The molecule has 1 aromatic carbocycles. The predicted octanol–water partition coefficient (Wildman–Crippen LogP) is 2.44. The van der Waals surface area contributed by atoms with Crippen LogP contribution in [0.1, 0.15) is 24.8 Å². The van der Waals surface area contributed by atoms with Gasteiger partial charge in [0.2, 0.25) is 5.91 Å². The summed E-state index contributed by atoms with van der Waals surface area (Å²) in [7, 11) is -3.07. The fourth-order valence-electron chi connectivity index (χ4n) is 3.03. The maximum atomic E-state index is 12.6. The number of benzene rings is 1. The highest BCUT2D eigenvalue weighted by molar-refractivity contribution is 7.91. The number of hydrogen-bond donors (Lipinski definition) is 0. The molecule has 1 aromatic rings. The number of amides is 1. The highest BCUT2D eigenvalue weighted by Crippen LogP contribution is 2.32. The Hall–Kier alpha value is -1.93. The minimum Gasteiger partial charge on any atom is -0.332 e. The number of rotatable bonds is 5. The van der Waals surface area contributed by atoms with E-state index in [0.29, 0.717) is 12.0 Å². The third-order valence-corrected chi connectivity index (χ3v) is 6.45. The van der Waals surface area contributed by atoms with Crippen molar-refractivity contribution in [2.45, 2.75) is 31.3 Å². The lowest BCUT2D eigenvalue weighted by atomic mass is 10.1. The van der Waals surface area contributed by atoms with Crippen LogP contribution < -0.4 is 0 Å². The fourth-order valence-corrected chi connectivity index (χ4v) is 4.93. The van der Waals surface area contributed by atoms with Gasteiger partial charge in [0.1, 0.15) is 5.02 Å². The number of nitro benzene ring substituents is 1. The molecule has 134 valence electrons. The Balaban J connectivity index is 1.77. The van der Waals surface area contributed by atoms with Gasteiger partial charge in [-0.3, -0.25) is 14.9 Å².